The Bertz CT molecular complexity index is 1160. The van der Waals surface area contributed by atoms with Crippen LogP contribution in [0.5, 0.6) is 0 Å². The number of likely N-dealkylation sites (tertiary alicyclic amines) is 1. The highest BCUT2D eigenvalue weighted by molar-refractivity contribution is 7.15. The Morgan fingerprint density at radius 3 is 2.37 bits per heavy atom. The number of aromatic nitrogens is 2. The number of aryl methyl sites for hydroxylation is 1. The van der Waals surface area contributed by atoms with Crippen molar-refractivity contribution in [3.05, 3.63) is 76.0 Å². The van der Waals surface area contributed by atoms with Gasteiger partial charge in [-0.3, -0.25) is 14.4 Å². The summed E-state index contributed by atoms with van der Waals surface area (Å²) in [7, 11) is 0. The quantitative estimate of drug-likeness (QED) is 0.465. The van der Waals surface area contributed by atoms with E-state index in [-0.39, 0.29) is 27.7 Å². The van der Waals surface area contributed by atoms with E-state index in [9.17, 15) is 18.8 Å². The number of anilines is 1. The van der Waals surface area contributed by atoms with Crippen molar-refractivity contribution in [3.63, 3.8) is 0 Å². The maximum absolute atomic E-state index is 13.0. The van der Waals surface area contributed by atoms with Crippen molar-refractivity contribution >= 4 is 34.7 Å². The lowest BCUT2D eigenvalue weighted by molar-refractivity contribution is -0.126. The number of hydrogen-bond donors (Lipinski definition) is 2. The third-order valence-electron chi connectivity index (χ3n) is 5.84. The van der Waals surface area contributed by atoms with Gasteiger partial charge in [-0.15, -0.1) is 10.2 Å². The van der Waals surface area contributed by atoms with Crippen LogP contribution in [0.25, 0.3) is 0 Å². The fraction of sp³-hybridized carbons (Fsp3) is 0.320. The molecule has 0 bridgehead atoms. The molecule has 0 radical (unpaired) electrons. The van der Waals surface area contributed by atoms with Gasteiger partial charge in [-0.1, -0.05) is 41.7 Å². The minimum Gasteiger partial charge on any atom is -0.356 e. The van der Waals surface area contributed by atoms with E-state index in [1.165, 1.54) is 29.8 Å². The number of rotatable bonds is 8. The van der Waals surface area contributed by atoms with Crippen molar-refractivity contribution < 1.29 is 18.8 Å². The number of nitrogens with zero attached hydrogens (tertiary/aromatic N) is 3. The lowest BCUT2D eigenvalue weighted by Crippen LogP contribution is -2.43. The van der Waals surface area contributed by atoms with Crippen molar-refractivity contribution in [1.29, 1.82) is 0 Å². The summed E-state index contributed by atoms with van der Waals surface area (Å²) in [5.74, 6) is -1.32. The number of halogens is 1. The summed E-state index contributed by atoms with van der Waals surface area (Å²) < 4.78 is 13.0. The zero-order valence-corrected chi connectivity index (χ0v) is 19.9. The average Bonchev–Trinajstić information content (AvgIpc) is 3.39. The van der Waals surface area contributed by atoms with Crippen LogP contribution in [0.3, 0.4) is 0 Å². The van der Waals surface area contributed by atoms with E-state index < -0.39 is 11.7 Å². The molecule has 0 unspecified atom stereocenters. The summed E-state index contributed by atoms with van der Waals surface area (Å²) in [5, 5.41) is 13.5. The lowest BCUT2D eigenvalue weighted by Gasteiger charge is -2.30. The molecule has 35 heavy (non-hydrogen) atoms. The molecule has 0 atom stereocenters. The molecular formula is C25H26FN5O3S. The van der Waals surface area contributed by atoms with Crippen LogP contribution in [0.1, 0.15) is 44.4 Å². The smallest absolute Gasteiger partial charge is 0.286 e. The third kappa shape index (κ3) is 6.69. The monoisotopic (exact) mass is 495 g/mol. The molecule has 1 aliphatic rings. The number of amides is 3. The van der Waals surface area contributed by atoms with Gasteiger partial charge in [0.1, 0.15) is 5.82 Å². The van der Waals surface area contributed by atoms with Gasteiger partial charge in [0.05, 0.1) is 0 Å². The molecule has 1 aliphatic heterocycles. The third-order valence-corrected chi connectivity index (χ3v) is 6.75. The van der Waals surface area contributed by atoms with Gasteiger partial charge in [0.25, 0.3) is 11.8 Å². The van der Waals surface area contributed by atoms with Crippen LogP contribution >= 0.6 is 11.3 Å². The highest BCUT2D eigenvalue weighted by atomic mass is 32.1. The topological polar surface area (TPSA) is 104 Å². The number of nitrogens with one attached hydrogen (secondary N) is 2. The molecule has 182 valence electrons. The predicted octanol–water partition coefficient (Wildman–Crippen LogP) is 3.53. The first-order valence-electron chi connectivity index (χ1n) is 11.5. The standard InChI is InChI=1S/C25H26FN5O3S/c26-19-8-10-20(11-9-19)28-22(33)23-29-30-24(35-23)25(34)31-15-12-18(13-16-31)21(32)27-14-4-7-17-5-2-1-3-6-17/h1-3,5-6,8-11,18H,4,7,12-16H2,(H,27,32)(H,28,33). The highest BCUT2D eigenvalue weighted by Gasteiger charge is 2.29. The average molecular weight is 496 g/mol. The van der Waals surface area contributed by atoms with E-state index in [0.29, 0.717) is 38.2 Å². The van der Waals surface area contributed by atoms with E-state index in [1.807, 2.05) is 18.2 Å². The van der Waals surface area contributed by atoms with Gasteiger partial charge >= 0.3 is 0 Å². The van der Waals surface area contributed by atoms with E-state index in [1.54, 1.807) is 4.90 Å². The maximum atomic E-state index is 13.0. The van der Waals surface area contributed by atoms with Crippen LogP contribution in [-0.4, -0.2) is 52.5 Å². The Labute approximate surface area is 206 Å². The molecule has 10 heteroatoms. The number of benzene rings is 2. The normalized spacial score (nSPS) is 13.9. The van der Waals surface area contributed by atoms with Crippen LogP contribution in [0.2, 0.25) is 0 Å². The second-order valence-corrected chi connectivity index (χ2v) is 9.30. The van der Waals surface area contributed by atoms with Crippen molar-refractivity contribution in [3.8, 4) is 0 Å². The Morgan fingerprint density at radius 2 is 1.66 bits per heavy atom. The summed E-state index contributed by atoms with van der Waals surface area (Å²) >= 11 is 0.905. The molecule has 2 heterocycles. The number of hydrogen-bond acceptors (Lipinski definition) is 6. The molecule has 2 N–H and O–H groups in total. The first kappa shape index (κ1) is 24.5. The zero-order chi connectivity index (χ0) is 24.6. The second-order valence-electron chi connectivity index (χ2n) is 8.32. The summed E-state index contributed by atoms with van der Waals surface area (Å²) in [5.41, 5.74) is 1.67. The zero-order valence-electron chi connectivity index (χ0n) is 19.1. The molecular weight excluding hydrogens is 469 g/mol. The molecule has 3 amide bonds. The predicted molar refractivity (Wildman–Crippen MR) is 131 cm³/mol. The number of carbonyl (C=O) groups is 3. The summed E-state index contributed by atoms with van der Waals surface area (Å²) in [6, 6.07) is 15.5. The first-order valence-corrected chi connectivity index (χ1v) is 12.3. The van der Waals surface area contributed by atoms with Crippen LogP contribution in [0.15, 0.2) is 54.6 Å². The largest absolute Gasteiger partial charge is 0.356 e. The molecule has 8 nitrogen and oxygen atoms in total. The minimum absolute atomic E-state index is 0.0285. The molecule has 3 aromatic rings. The summed E-state index contributed by atoms with van der Waals surface area (Å²) in [6.07, 6.45) is 2.95. The van der Waals surface area contributed by atoms with Gasteiger partial charge in [0, 0.05) is 31.2 Å². The van der Waals surface area contributed by atoms with E-state index in [0.717, 1.165) is 24.2 Å². The molecule has 0 saturated carbocycles. The Morgan fingerprint density at radius 1 is 0.971 bits per heavy atom. The van der Waals surface area contributed by atoms with Crippen molar-refractivity contribution in [2.75, 3.05) is 25.0 Å². The van der Waals surface area contributed by atoms with Gasteiger partial charge < -0.3 is 15.5 Å². The first-order chi connectivity index (χ1) is 17.0. The molecule has 0 spiro atoms. The Kier molecular flexibility index (Phi) is 8.15. The minimum atomic E-state index is -0.518. The second kappa shape index (κ2) is 11.7. The Hall–Kier alpha value is -3.66. The van der Waals surface area contributed by atoms with Gasteiger partial charge in [-0.25, -0.2) is 4.39 Å². The van der Waals surface area contributed by atoms with Crippen LogP contribution < -0.4 is 10.6 Å². The molecule has 0 aliphatic carbocycles. The molecule has 1 saturated heterocycles. The van der Waals surface area contributed by atoms with Crippen LogP contribution in [-0.2, 0) is 11.2 Å². The SMILES string of the molecule is O=C(Nc1ccc(F)cc1)c1nnc(C(=O)N2CCC(C(=O)NCCCc3ccccc3)CC2)s1. The van der Waals surface area contributed by atoms with Crippen molar-refractivity contribution in [2.45, 2.75) is 25.7 Å². The Balaban J connectivity index is 1.21. The summed E-state index contributed by atoms with van der Waals surface area (Å²) in [4.78, 5) is 39.3. The molecule has 2 aromatic carbocycles. The number of carbonyl (C=O) groups excluding carboxylic acids is 3. The maximum Gasteiger partial charge on any atom is 0.286 e. The van der Waals surface area contributed by atoms with E-state index in [2.05, 4.69) is 33.0 Å². The lowest BCUT2D eigenvalue weighted by atomic mass is 9.96. The number of piperidine rings is 1. The fourth-order valence-electron chi connectivity index (χ4n) is 3.89. The van der Waals surface area contributed by atoms with E-state index in [4.69, 9.17) is 0 Å². The van der Waals surface area contributed by atoms with Crippen LogP contribution in [0.4, 0.5) is 10.1 Å². The van der Waals surface area contributed by atoms with Gasteiger partial charge in [0.15, 0.2) is 0 Å². The van der Waals surface area contributed by atoms with Crippen molar-refractivity contribution in [2.24, 2.45) is 5.92 Å². The van der Waals surface area contributed by atoms with Crippen molar-refractivity contribution in [1.82, 2.24) is 20.4 Å². The van der Waals surface area contributed by atoms with Gasteiger partial charge in [0.2, 0.25) is 15.9 Å². The molecule has 4 rings (SSSR count). The van der Waals surface area contributed by atoms with Gasteiger partial charge in [-0.05, 0) is 55.5 Å². The van der Waals surface area contributed by atoms with Gasteiger partial charge in [-0.2, -0.15) is 0 Å². The fourth-order valence-corrected chi connectivity index (χ4v) is 4.60. The molecule has 1 fully saturated rings. The molecule has 1 aromatic heterocycles. The highest BCUT2D eigenvalue weighted by Crippen LogP contribution is 2.21. The summed E-state index contributed by atoms with van der Waals surface area (Å²) in [6.45, 7) is 1.51. The van der Waals surface area contributed by atoms with Crippen LogP contribution in [0, 0.1) is 11.7 Å². The van der Waals surface area contributed by atoms with E-state index >= 15 is 0 Å².